The molecule has 4 aromatic rings. The molecule has 0 unspecified atom stereocenters. The number of aromatic amines is 2. The summed E-state index contributed by atoms with van der Waals surface area (Å²) in [7, 11) is 0. The number of H-pyrrole nitrogens is 2. The quantitative estimate of drug-likeness (QED) is 0.546. The van der Waals surface area contributed by atoms with Gasteiger partial charge >= 0.3 is 0 Å². The van der Waals surface area contributed by atoms with Crippen LogP contribution >= 0.6 is 0 Å². The van der Waals surface area contributed by atoms with Crippen molar-refractivity contribution in [1.29, 1.82) is 0 Å². The smallest absolute Gasteiger partial charge is 0.253 e. The number of nitrogens with one attached hydrogen (secondary N) is 2. The Balaban J connectivity index is 1.32. The minimum Gasteiger partial charge on any atom is -0.361 e. The third-order valence-electron chi connectivity index (χ3n) is 5.65. The van der Waals surface area contributed by atoms with Crippen LogP contribution in [-0.4, -0.2) is 33.9 Å². The molecule has 1 fully saturated rings. The lowest BCUT2D eigenvalue weighted by Crippen LogP contribution is -2.37. The number of piperidine rings is 1. The van der Waals surface area contributed by atoms with Gasteiger partial charge in [0.05, 0.1) is 0 Å². The van der Waals surface area contributed by atoms with Gasteiger partial charge in [0.25, 0.3) is 5.91 Å². The number of hydrogen-bond donors (Lipinski definition) is 2. The van der Waals surface area contributed by atoms with E-state index in [4.69, 9.17) is 0 Å². The lowest BCUT2D eigenvalue weighted by molar-refractivity contribution is 0.0713. The van der Waals surface area contributed by atoms with Crippen LogP contribution in [0, 0.1) is 0 Å². The van der Waals surface area contributed by atoms with Gasteiger partial charge in [-0.1, -0.05) is 24.3 Å². The highest BCUT2D eigenvalue weighted by Crippen LogP contribution is 2.33. The van der Waals surface area contributed by atoms with Gasteiger partial charge in [0, 0.05) is 47.5 Å². The highest BCUT2D eigenvalue weighted by molar-refractivity contribution is 5.98. The molecule has 2 N–H and O–H groups in total. The molecule has 5 rings (SSSR count). The molecule has 4 nitrogen and oxygen atoms in total. The van der Waals surface area contributed by atoms with E-state index >= 15 is 0 Å². The first-order valence-corrected chi connectivity index (χ1v) is 9.22. The Morgan fingerprint density at radius 1 is 0.962 bits per heavy atom. The second-order valence-electron chi connectivity index (χ2n) is 7.14. The van der Waals surface area contributed by atoms with Crippen LogP contribution in [0.5, 0.6) is 0 Å². The Bertz CT molecular complexity index is 1080. The highest BCUT2D eigenvalue weighted by atomic mass is 16.2. The lowest BCUT2D eigenvalue weighted by Gasteiger charge is -2.32. The minimum absolute atomic E-state index is 0.138. The van der Waals surface area contributed by atoms with Crippen LogP contribution in [0.2, 0.25) is 0 Å². The zero-order valence-electron chi connectivity index (χ0n) is 14.5. The van der Waals surface area contributed by atoms with Crippen LogP contribution in [0.4, 0.5) is 0 Å². The Labute approximate surface area is 151 Å². The van der Waals surface area contributed by atoms with Crippen LogP contribution < -0.4 is 0 Å². The number of hydrogen-bond acceptors (Lipinski definition) is 1. The number of fused-ring (bicyclic) bond motifs is 2. The molecule has 0 atom stereocenters. The molecule has 2 aromatic heterocycles. The maximum Gasteiger partial charge on any atom is 0.253 e. The molecule has 0 aliphatic carbocycles. The van der Waals surface area contributed by atoms with Crippen LogP contribution in [0.3, 0.4) is 0 Å². The normalized spacial score (nSPS) is 15.8. The molecule has 1 aliphatic heterocycles. The summed E-state index contributed by atoms with van der Waals surface area (Å²) in [6.45, 7) is 1.62. The first-order chi connectivity index (χ1) is 12.8. The van der Waals surface area contributed by atoms with Gasteiger partial charge in [-0.2, -0.15) is 0 Å². The SMILES string of the molecule is O=C(c1ccc2cc[nH]c2c1)N1CCC(c2c[nH]c3ccccc23)CC1. The highest BCUT2D eigenvalue weighted by Gasteiger charge is 2.26. The zero-order chi connectivity index (χ0) is 17.5. The summed E-state index contributed by atoms with van der Waals surface area (Å²) in [6, 6.07) is 16.4. The monoisotopic (exact) mass is 343 g/mol. The van der Waals surface area contributed by atoms with E-state index in [1.807, 2.05) is 35.4 Å². The fourth-order valence-corrected chi connectivity index (χ4v) is 4.19. The Hall–Kier alpha value is -3.01. The maximum atomic E-state index is 12.9. The molecule has 2 aromatic carbocycles. The van der Waals surface area contributed by atoms with Gasteiger partial charge in [-0.05, 0) is 54.0 Å². The summed E-state index contributed by atoms with van der Waals surface area (Å²) < 4.78 is 0. The number of benzene rings is 2. The minimum atomic E-state index is 0.138. The average Bonchev–Trinajstić information content (AvgIpc) is 3.34. The standard InChI is InChI=1S/C22H21N3O/c26-22(17-6-5-16-7-10-23-21(16)13-17)25-11-8-15(9-12-25)19-14-24-20-4-2-1-3-18(19)20/h1-7,10,13-15,23-24H,8-9,11-12H2. The van der Waals surface area contributed by atoms with Crippen molar-refractivity contribution in [2.75, 3.05) is 13.1 Å². The van der Waals surface area contributed by atoms with Gasteiger partial charge in [-0.15, -0.1) is 0 Å². The van der Waals surface area contributed by atoms with E-state index in [9.17, 15) is 4.79 Å². The summed E-state index contributed by atoms with van der Waals surface area (Å²) in [5, 5.41) is 2.45. The third-order valence-corrected chi connectivity index (χ3v) is 5.65. The van der Waals surface area contributed by atoms with E-state index in [0.29, 0.717) is 5.92 Å². The molecular weight excluding hydrogens is 322 g/mol. The summed E-state index contributed by atoms with van der Waals surface area (Å²) in [5.74, 6) is 0.653. The Morgan fingerprint density at radius 3 is 2.69 bits per heavy atom. The van der Waals surface area contributed by atoms with E-state index in [2.05, 4.69) is 40.4 Å². The van der Waals surface area contributed by atoms with Crippen LogP contribution in [-0.2, 0) is 0 Å². The first-order valence-electron chi connectivity index (χ1n) is 9.22. The van der Waals surface area contributed by atoms with Crippen molar-refractivity contribution in [3.63, 3.8) is 0 Å². The fourth-order valence-electron chi connectivity index (χ4n) is 4.19. The van der Waals surface area contributed by atoms with Crippen LogP contribution in [0.15, 0.2) is 60.9 Å². The molecule has 0 spiro atoms. The summed E-state index contributed by atoms with van der Waals surface area (Å²) in [4.78, 5) is 21.4. The van der Waals surface area contributed by atoms with Crippen molar-refractivity contribution in [2.24, 2.45) is 0 Å². The topological polar surface area (TPSA) is 51.9 Å². The summed E-state index contributed by atoms with van der Waals surface area (Å²) in [5.41, 5.74) is 4.37. The third kappa shape index (κ3) is 2.49. The van der Waals surface area contributed by atoms with Crippen LogP contribution in [0.1, 0.15) is 34.7 Å². The molecule has 0 saturated carbocycles. The van der Waals surface area contributed by atoms with Gasteiger partial charge in [0.1, 0.15) is 0 Å². The maximum absolute atomic E-state index is 12.9. The van der Waals surface area contributed by atoms with Crippen molar-refractivity contribution in [2.45, 2.75) is 18.8 Å². The van der Waals surface area contributed by atoms with Crippen molar-refractivity contribution in [1.82, 2.24) is 14.9 Å². The van der Waals surface area contributed by atoms with E-state index in [-0.39, 0.29) is 5.91 Å². The van der Waals surface area contributed by atoms with Crippen LogP contribution in [0.25, 0.3) is 21.8 Å². The van der Waals surface area contributed by atoms with Gasteiger partial charge in [0.2, 0.25) is 0 Å². The molecule has 130 valence electrons. The molecular formula is C22H21N3O. The first kappa shape index (κ1) is 15.3. The van der Waals surface area contributed by atoms with Crippen molar-refractivity contribution < 1.29 is 4.79 Å². The number of aromatic nitrogens is 2. The number of rotatable bonds is 2. The predicted molar refractivity (Wildman–Crippen MR) is 104 cm³/mol. The van der Waals surface area contributed by atoms with E-state index < -0.39 is 0 Å². The zero-order valence-corrected chi connectivity index (χ0v) is 14.5. The van der Waals surface area contributed by atoms with E-state index in [1.165, 1.54) is 16.5 Å². The van der Waals surface area contributed by atoms with Gasteiger partial charge in [0.15, 0.2) is 0 Å². The van der Waals surface area contributed by atoms with Gasteiger partial charge in [-0.3, -0.25) is 4.79 Å². The Morgan fingerprint density at radius 2 is 1.81 bits per heavy atom. The molecule has 1 aliphatic rings. The second kappa shape index (κ2) is 6.06. The number of para-hydroxylation sites is 1. The largest absolute Gasteiger partial charge is 0.361 e. The van der Waals surface area contributed by atoms with Crippen molar-refractivity contribution >= 4 is 27.7 Å². The number of carbonyl (C=O) groups is 1. The number of nitrogens with zero attached hydrogens (tertiary/aromatic N) is 1. The molecule has 1 amide bonds. The summed E-state index contributed by atoms with van der Waals surface area (Å²) >= 11 is 0. The molecule has 26 heavy (non-hydrogen) atoms. The second-order valence-corrected chi connectivity index (χ2v) is 7.14. The molecule has 0 radical (unpaired) electrons. The van der Waals surface area contributed by atoms with Gasteiger partial charge in [-0.25, -0.2) is 0 Å². The fraction of sp³-hybridized carbons (Fsp3) is 0.227. The summed E-state index contributed by atoms with van der Waals surface area (Å²) in [6.07, 6.45) is 6.08. The molecule has 3 heterocycles. The van der Waals surface area contributed by atoms with Gasteiger partial charge < -0.3 is 14.9 Å². The number of carbonyl (C=O) groups excluding carboxylic acids is 1. The molecule has 0 bridgehead atoms. The lowest BCUT2D eigenvalue weighted by atomic mass is 9.89. The molecule has 1 saturated heterocycles. The number of amides is 1. The van der Waals surface area contributed by atoms with Crippen molar-refractivity contribution in [3.05, 3.63) is 72.1 Å². The van der Waals surface area contributed by atoms with E-state index in [0.717, 1.165) is 42.4 Å². The average molecular weight is 343 g/mol. The predicted octanol–water partition coefficient (Wildman–Crippen LogP) is 4.67. The Kier molecular flexibility index (Phi) is 3.56. The number of likely N-dealkylation sites (tertiary alicyclic amines) is 1. The van der Waals surface area contributed by atoms with Crippen molar-refractivity contribution in [3.8, 4) is 0 Å². The molecule has 4 heteroatoms. The van der Waals surface area contributed by atoms with E-state index in [1.54, 1.807) is 0 Å².